The summed E-state index contributed by atoms with van der Waals surface area (Å²) in [6.45, 7) is 2.39. The highest BCUT2D eigenvalue weighted by Gasteiger charge is 2.24. The van der Waals surface area contributed by atoms with Gasteiger partial charge in [-0.15, -0.1) is 0 Å². The lowest BCUT2D eigenvalue weighted by molar-refractivity contribution is -0.144. The molecule has 1 N–H and O–H groups in total. The SMILES string of the molecule is CN(Cc1cccc(C#N)c1)C(=O)C1CNCCO1. The molecule has 0 saturated carbocycles. The molecule has 19 heavy (non-hydrogen) atoms. The van der Waals surface area contributed by atoms with Gasteiger partial charge >= 0.3 is 0 Å². The molecular weight excluding hydrogens is 242 g/mol. The number of nitrogens with one attached hydrogen (secondary N) is 1. The van der Waals surface area contributed by atoms with Gasteiger partial charge in [0.25, 0.3) is 5.91 Å². The molecule has 1 amide bonds. The molecule has 1 saturated heterocycles. The Morgan fingerprint density at radius 3 is 3.16 bits per heavy atom. The van der Waals surface area contributed by atoms with E-state index in [2.05, 4.69) is 11.4 Å². The van der Waals surface area contributed by atoms with Crippen molar-refractivity contribution in [3.63, 3.8) is 0 Å². The van der Waals surface area contributed by atoms with E-state index in [1.807, 2.05) is 12.1 Å². The fraction of sp³-hybridized carbons (Fsp3) is 0.429. The Bertz CT molecular complexity index is 490. The van der Waals surface area contributed by atoms with Crippen LogP contribution < -0.4 is 5.32 Å². The first-order valence-corrected chi connectivity index (χ1v) is 6.27. The lowest BCUT2D eigenvalue weighted by atomic mass is 10.1. The maximum absolute atomic E-state index is 12.2. The van der Waals surface area contributed by atoms with Gasteiger partial charge in [0, 0.05) is 26.7 Å². The van der Waals surface area contributed by atoms with E-state index >= 15 is 0 Å². The van der Waals surface area contributed by atoms with Crippen LogP contribution in [0.2, 0.25) is 0 Å². The molecular formula is C14H17N3O2. The van der Waals surface area contributed by atoms with Crippen LogP contribution in [0.15, 0.2) is 24.3 Å². The van der Waals surface area contributed by atoms with Gasteiger partial charge in [-0.3, -0.25) is 4.79 Å². The Morgan fingerprint density at radius 2 is 2.47 bits per heavy atom. The first kappa shape index (κ1) is 13.5. The minimum Gasteiger partial charge on any atom is -0.366 e. The van der Waals surface area contributed by atoms with Crippen LogP contribution in [0, 0.1) is 11.3 Å². The summed E-state index contributed by atoms with van der Waals surface area (Å²) in [6, 6.07) is 9.37. The summed E-state index contributed by atoms with van der Waals surface area (Å²) in [5.74, 6) is -0.0328. The van der Waals surface area contributed by atoms with Crippen molar-refractivity contribution in [2.45, 2.75) is 12.6 Å². The van der Waals surface area contributed by atoms with Crippen LogP contribution in [0.25, 0.3) is 0 Å². The second-order valence-corrected chi connectivity index (χ2v) is 4.57. The highest BCUT2D eigenvalue weighted by Crippen LogP contribution is 2.09. The molecule has 2 rings (SSSR count). The Labute approximate surface area is 112 Å². The molecule has 1 unspecified atom stereocenters. The third kappa shape index (κ3) is 3.53. The Kier molecular flexibility index (Phi) is 4.50. The molecule has 0 bridgehead atoms. The number of carbonyl (C=O) groups excluding carboxylic acids is 1. The van der Waals surface area contributed by atoms with Gasteiger partial charge in [0.1, 0.15) is 6.10 Å². The molecule has 1 atom stereocenters. The number of hydrogen-bond acceptors (Lipinski definition) is 4. The molecule has 1 heterocycles. The summed E-state index contributed by atoms with van der Waals surface area (Å²) < 4.78 is 5.44. The first-order chi connectivity index (χ1) is 9.20. The van der Waals surface area contributed by atoms with E-state index in [9.17, 15) is 4.79 Å². The predicted octanol–water partition coefficient (Wildman–Crippen LogP) is 0.505. The minimum absolute atomic E-state index is 0.0328. The van der Waals surface area contributed by atoms with Crippen LogP contribution in [0.1, 0.15) is 11.1 Å². The monoisotopic (exact) mass is 259 g/mol. The summed E-state index contributed by atoms with van der Waals surface area (Å²) in [5.41, 5.74) is 1.55. The molecule has 1 aliphatic heterocycles. The van der Waals surface area contributed by atoms with Crippen LogP contribution >= 0.6 is 0 Å². The van der Waals surface area contributed by atoms with Crippen molar-refractivity contribution in [3.05, 3.63) is 35.4 Å². The van der Waals surface area contributed by atoms with Crippen molar-refractivity contribution in [2.24, 2.45) is 0 Å². The Balaban J connectivity index is 1.97. The summed E-state index contributed by atoms with van der Waals surface area (Å²) in [6.07, 6.45) is -0.405. The van der Waals surface area contributed by atoms with Gasteiger partial charge in [0.15, 0.2) is 0 Å². The van der Waals surface area contributed by atoms with E-state index in [1.165, 1.54) is 0 Å². The molecule has 1 aliphatic rings. The molecule has 1 aromatic carbocycles. The standard InChI is InChI=1S/C14H17N3O2/c1-17(14(18)13-9-16-5-6-19-13)10-12-4-2-3-11(7-12)8-15/h2-4,7,13,16H,5-6,9-10H2,1H3. The third-order valence-corrected chi connectivity index (χ3v) is 3.06. The number of nitrogens with zero attached hydrogens (tertiary/aromatic N) is 2. The predicted molar refractivity (Wildman–Crippen MR) is 70.2 cm³/mol. The van der Waals surface area contributed by atoms with Crippen LogP contribution in [-0.2, 0) is 16.1 Å². The van der Waals surface area contributed by atoms with Crippen molar-refractivity contribution >= 4 is 5.91 Å². The molecule has 0 aliphatic carbocycles. The van der Waals surface area contributed by atoms with Gasteiger partial charge in [-0.25, -0.2) is 0 Å². The maximum atomic E-state index is 12.2. The zero-order valence-corrected chi connectivity index (χ0v) is 10.9. The summed E-state index contributed by atoms with van der Waals surface area (Å²) in [7, 11) is 1.75. The van der Waals surface area contributed by atoms with Gasteiger partial charge in [-0.05, 0) is 17.7 Å². The molecule has 5 nitrogen and oxygen atoms in total. The number of rotatable bonds is 3. The van der Waals surface area contributed by atoms with Crippen LogP contribution in [0.3, 0.4) is 0 Å². The van der Waals surface area contributed by atoms with Crippen molar-refractivity contribution in [2.75, 3.05) is 26.7 Å². The average Bonchev–Trinajstić information content (AvgIpc) is 2.47. The van der Waals surface area contributed by atoms with Crippen molar-refractivity contribution in [1.82, 2.24) is 10.2 Å². The highest BCUT2D eigenvalue weighted by atomic mass is 16.5. The number of ether oxygens (including phenoxy) is 1. The second kappa shape index (κ2) is 6.32. The van der Waals surface area contributed by atoms with E-state index < -0.39 is 6.10 Å². The minimum atomic E-state index is -0.405. The Hall–Kier alpha value is -1.90. The van der Waals surface area contributed by atoms with Crippen molar-refractivity contribution < 1.29 is 9.53 Å². The molecule has 0 spiro atoms. The second-order valence-electron chi connectivity index (χ2n) is 4.57. The average molecular weight is 259 g/mol. The zero-order chi connectivity index (χ0) is 13.7. The van der Waals surface area contributed by atoms with Crippen LogP contribution in [-0.4, -0.2) is 43.7 Å². The molecule has 5 heteroatoms. The number of hydrogen-bond donors (Lipinski definition) is 1. The van der Waals surface area contributed by atoms with Gasteiger partial charge in [-0.2, -0.15) is 5.26 Å². The number of benzene rings is 1. The quantitative estimate of drug-likeness (QED) is 0.858. The van der Waals surface area contributed by atoms with E-state index in [-0.39, 0.29) is 5.91 Å². The highest BCUT2D eigenvalue weighted by molar-refractivity contribution is 5.81. The molecule has 1 fully saturated rings. The van der Waals surface area contributed by atoms with Gasteiger partial charge in [0.05, 0.1) is 18.2 Å². The molecule has 100 valence electrons. The third-order valence-electron chi connectivity index (χ3n) is 3.06. The van der Waals surface area contributed by atoms with Crippen LogP contribution in [0.4, 0.5) is 0 Å². The van der Waals surface area contributed by atoms with Gasteiger partial charge < -0.3 is 15.0 Å². The van der Waals surface area contributed by atoms with E-state index in [1.54, 1.807) is 24.1 Å². The fourth-order valence-electron chi connectivity index (χ4n) is 2.06. The Morgan fingerprint density at radius 1 is 1.63 bits per heavy atom. The van der Waals surface area contributed by atoms with Crippen molar-refractivity contribution in [1.29, 1.82) is 5.26 Å². The smallest absolute Gasteiger partial charge is 0.253 e. The normalized spacial score (nSPS) is 18.6. The topological polar surface area (TPSA) is 65.4 Å². The van der Waals surface area contributed by atoms with Crippen molar-refractivity contribution in [3.8, 4) is 6.07 Å². The van der Waals surface area contributed by atoms with E-state index in [0.29, 0.717) is 25.3 Å². The number of morpholine rings is 1. The molecule has 1 aromatic rings. The number of amides is 1. The fourth-order valence-corrected chi connectivity index (χ4v) is 2.06. The lowest BCUT2D eigenvalue weighted by Crippen LogP contribution is -2.48. The first-order valence-electron chi connectivity index (χ1n) is 6.27. The van der Waals surface area contributed by atoms with E-state index in [0.717, 1.165) is 12.1 Å². The number of nitriles is 1. The molecule has 0 aromatic heterocycles. The van der Waals surface area contributed by atoms with Crippen LogP contribution in [0.5, 0.6) is 0 Å². The molecule has 0 radical (unpaired) electrons. The zero-order valence-electron chi connectivity index (χ0n) is 10.9. The van der Waals surface area contributed by atoms with Gasteiger partial charge in [-0.1, -0.05) is 12.1 Å². The number of carbonyl (C=O) groups is 1. The van der Waals surface area contributed by atoms with Gasteiger partial charge in [0.2, 0.25) is 0 Å². The summed E-state index contributed by atoms with van der Waals surface area (Å²) >= 11 is 0. The lowest BCUT2D eigenvalue weighted by Gasteiger charge is -2.27. The summed E-state index contributed by atoms with van der Waals surface area (Å²) in [4.78, 5) is 13.8. The number of likely N-dealkylation sites (N-methyl/N-ethyl adjacent to an activating group) is 1. The van der Waals surface area contributed by atoms with E-state index in [4.69, 9.17) is 10.00 Å². The summed E-state index contributed by atoms with van der Waals surface area (Å²) in [5, 5.41) is 12.0. The maximum Gasteiger partial charge on any atom is 0.253 e. The largest absolute Gasteiger partial charge is 0.366 e.